The van der Waals surface area contributed by atoms with Gasteiger partial charge in [-0.25, -0.2) is 0 Å². The van der Waals surface area contributed by atoms with Gasteiger partial charge >= 0.3 is 0 Å². The first-order valence-corrected chi connectivity index (χ1v) is 9.85. The van der Waals surface area contributed by atoms with Crippen molar-refractivity contribution in [3.63, 3.8) is 0 Å². The minimum absolute atomic E-state index is 0.0944. The molecule has 1 amide bonds. The van der Waals surface area contributed by atoms with Gasteiger partial charge in [-0.15, -0.1) is 0 Å². The van der Waals surface area contributed by atoms with E-state index in [-0.39, 0.29) is 5.91 Å². The van der Waals surface area contributed by atoms with Crippen molar-refractivity contribution in [3.8, 4) is 11.3 Å². The number of halogens is 1. The van der Waals surface area contributed by atoms with Crippen LogP contribution in [0.2, 0.25) is 5.02 Å². The van der Waals surface area contributed by atoms with Crippen molar-refractivity contribution in [2.75, 3.05) is 26.2 Å². The summed E-state index contributed by atoms with van der Waals surface area (Å²) in [4.78, 5) is 17.1. The quantitative estimate of drug-likeness (QED) is 0.659. The zero-order valence-corrected chi connectivity index (χ0v) is 16.3. The van der Waals surface area contributed by atoms with Crippen LogP contribution in [0.5, 0.6) is 0 Å². The summed E-state index contributed by atoms with van der Waals surface area (Å²) in [7, 11) is 0. The Labute approximate surface area is 169 Å². The fraction of sp³-hybridized carbons (Fsp3) is 0.273. The molecule has 0 bridgehead atoms. The largest absolute Gasteiger partial charge is 0.350 e. The normalized spacial score (nSPS) is 15.4. The monoisotopic (exact) mass is 395 g/mol. The minimum atomic E-state index is -0.0944. The van der Waals surface area contributed by atoms with Gasteiger partial charge in [0.1, 0.15) is 5.69 Å². The first-order valence-electron chi connectivity index (χ1n) is 9.47. The topological polar surface area (TPSA) is 49.6 Å². The highest BCUT2D eigenvalue weighted by Gasteiger charge is 2.23. The molecule has 0 saturated carbocycles. The maximum atomic E-state index is 12.9. The van der Waals surface area contributed by atoms with Gasteiger partial charge in [-0.05, 0) is 24.1 Å². The third-order valence-corrected chi connectivity index (χ3v) is 5.24. The molecular formula is C22H22ClN3O2. The van der Waals surface area contributed by atoms with Crippen LogP contribution < -0.4 is 0 Å². The number of carbonyl (C=O) groups excluding carboxylic acids is 1. The average molecular weight is 396 g/mol. The van der Waals surface area contributed by atoms with Crippen molar-refractivity contribution < 1.29 is 9.32 Å². The van der Waals surface area contributed by atoms with E-state index in [2.05, 4.69) is 22.2 Å². The van der Waals surface area contributed by atoms with Crippen molar-refractivity contribution in [2.45, 2.75) is 13.0 Å². The van der Waals surface area contributed by atoms with Crippen molar-refractivity contribution in [2.24, 2.45) is 0 Å². The maximum absolute atomic E-state index is 12.9. The van der Waals surface area contributed by atoms with E-state index in [0.29, 0.717) is 18.0 Å². The van der Waals surface area contributed by atoms with Gasteiger partial charge in [-0.2, -0.15) is 0 Å². The van der Waals surface area contributed by atoms with Crippen LogP contribution in [-0.4, -0.2) is 47.0 Å². The SMILES string of the molecule is O=C(c1cc(-c2ccccc2)no1)N1CCCN(Cc2ccc(Cl)cc2)CC1. The standard InChI is InChI=1S/C22H22ClN3O2/c23-19-9-7-17(8-10-19)16-25-11-4-12-26(14-13-25)22(27)21-15-20(24-28-21)18-5-2-1-3-6-18/h1-3,5-10,15H,4,11-14,16H2. The zero-order chi connectivity index (χ0) is 19.3. The first-order chi connectivity index (χ1) is 13.7. The number of benzene rings is 2. The van der Waals surface area contributed by atoms with Crippen molar-refractivity contribution in [1.29, 1.82) is 0 Å². The van der Waals surface area contributed by atoms with Gasteiger partial charge in [0.05, 0.1) is 0 Å². The Bertz CT molecular complexity index is 924. The second kappa shape index (κ2) is 8.59. The van der Waals surface area contributed by atoms with Crippen molar-refractivity contribution in [1.82, 2.24) is 15.0 Å². The average Bonchev–Trinajstić information content (AvgIpc) is 3.11. The molecule has 1 aliphatic rings. The summed E-state index contributed by atoms with van der Waals surface area (Å²) in [6, 6.07) is 19.4. The highest BCUT2D eigenvalue weighted by atomic mass is 35.5. The molecule has 144 valence electrons. The molecule has 0 radical (unpaired) electrons. The Hall–Kier alpha value is -2.63. The summed E-state index contributed by atoms with van der Waals surface area (Å²) in [5.74, 6) is 0.202. The Morgan fingerprint density at radius 1 is 1.00 bits per heavy atom. The molecule has 0 N–H and O–H groups in total. The van der Waals surface area contributed by atoms with Crippen LogP contribution in [0.15, 0.2) is 65.2 Å². The molecule has 2 heterocycles. The second-order valence-electron chi connectivity index (χ2n) is 6.99. The summed E-state index contributed by atoms with van der Waals surface area (Å²) in [5.41, 5.74) is 2.85. The van der Waals surface area contributed by atoms with E-state index in [9.17, 15) is 4.79 Å². The molecule has 1 aromatic heterocycles. The lowest BCUT2D eigenvalue weighted by Crippen LogP contribution is -2.34. The van der Waals surface area contributed by atoms with Crippen LogP contribution in [0, 0.1) is 0 Å². The van der Waals surface area contributed by atoms with E-state index in [1.807, 2.05) is 47.4 Å². The maximum Gasteiger partial charge on any atom is 0.292 e. The van der Waals surface area contributed by atoms with E-state index < -0.39 is 0 Å². The number of rotatable bonds is 4. The molecule has 1 saturated heterocycles. The number of hydrogen-bond donors (Lipinski definition) is 0. The van der Waals surface area contributed by atoms with Crippen LogP contribution in [-0.2, 0) is 6.54 Å². The Kier molecular flexibility index (Phi) is 5.74. The van der Waals surface area contributed by atoms with Crippen LogP contribution in [0.4, 0.5) is 0 Å². The summed E-state index contributed by atoms with van der Waals surface area (Å²) >= 11 is 5.96. The van der Waals surface area contributed by atoms with Gasteiger partial charge in [0.25, 0.3) is 5.91 Å². The molecule has 28 heavy (non-hydrogen) atoms. The molecule has 1 aliphatic heterocycles. The number of nitrogens with zero attached hydrogens (tertiary/aromatic N) is 3. The Morgan fingerprint density at radius 3 is 2.57 bits per heavy atom. The zero-order valence-electron chi connectivity index (χ0n) is 15.6. The highest BCUT2D eigenvalue weighted by molar-refractivity contribution is 6.30. The molecule has 3 aromatic rings. The summed E-state index contributed by atoms with van der Waals surface area (Å²) in [5, 5.41) is 4.81. The molecule has 0 aliphatic carbocycles. The van der Waals surface area contributed by atoms with Gasteiger partial charge < -0.3 is 9.42 Å². The van der Waals surface area contributed by atoms with Gasteiger partial charge in [0.15, 0.2) is 0 Å². The second-order valence-corrected chi connectivity index (χ2v) is 7.43. The van der Waals surface area contributed by atoms with Gasteiger partial charge in [-0.1, -0.05) is 59.2 Å². The predicted molar refractivity (Wildman–Crippen MR) is 109 cm³/mol. The highest BCUT2D eigenvalue weighted by Crippen LogP contribution is 2.20. The Balaban J connectivity index is 1.38. The van der Waals surface area contributed by atoms with Gasteiger partial charge in [0, 0.05) is 49.4 Å². The predicted octanol–water partition coefficient (Wildman–Crippen LogP) is 4.34. The van der Waals surface area contributed by atoms with Crippen LogP contribution in [0.1, 0.15) is 22.5 Å². The fourth-order valence-electron chi connectivity index (χ4n) is 3.46. The molecule has 2 aromatic carbocycles. The number of aromatic nitrogens is 1. The Morgan fingerprint density at radius 2 is 1.79 bits per heavy atom. The third-order valence-electron chi connectivity index (χ3n) is 4.99. The van der Waals surface area contributed by atoms with E-state index in [4.69, 9.17) is 16.1 Å². The molecule has 1 fully saturated rings. The molecule has 0 spiro atoms. The van der Waals surface area contributed by atoms with Crippen LogP contribution >= 0.6 is 11.6 Å². The lowest BCUT2D eigenvalue weighted by Gasteiger charge is -2.21. The molecule has 0 atom stereocenters. The molecule has 6 heteroatoms. The number of hydrogen-bond acceptors (Lipinski definition) is 4. The number of carbonyl (C=O) groups is 1. The minimum Gasteiger partial charge on any atom is -0.350 e. The summed E-state index contributed by atoms with van der Waals surface area (Å²) < 4.78 is 5.34. The van der Waals surface area contributed by atoms with Crippen molar-refractivity contribution in [3.05, 3.63) is 77.0 Å². The molecule has 5 nitrogen and oxygen atoms in total. The molecular weight excluding hydrogens is 374 g/mol. The van der Waals surface area contributed by atoms with Crippen LogP contribution in [0.25, 0.3) is 11.3 Å². The van der Waals surface area contributed by atoms with E-state index in [0.717, 1.165) is 43.2 Å². The van der Waals surface area contributed by atoms with Crippen molar-refractivity contribution >= 4 is 17.5 Å². The summed E-state index contributed by atoms with van der Waals surface area (Å²) in [6.45, 7) is 4.04. The smallest absolute Gasteiger partial charge is 0.292 e. The number of amides is 1. The fourth-order valence-corrected chi connectivity index (χ4v) is 3.58. The van der Waals surface area contributed by atoms with E-state index >= 15 is 0 Å². The molecule has 0 unspecified atom stereocenters. The van der Waals surface area contributed by atoms with Crippen LogP contribution in [0.3, 0.4) is 0 Å². The first kappa shape index (κ1) is 18.7. The third kappa shape index (κ3) is 4.43. The van der Waals surface area contributed by atoms with E-state index in [1.165, 1.54) is 5.56 Å². The molecule has 4 rings (SSSR count). The summed E-state index contributed by atoms with van der Waals surface area (Å²) in [6.07, 6.45) is 0.930. The van der Waals surface area contributed by atoms with E-state index in [1.54, 1.807) is 6.07 Å². The lowest BCUT2D eigenvalue weighted by molar-refractivity contribution is 0.0719. The lowest BCUT2D eigenvalue weighted by atomic mass is 10.1. The van der Waals surface area contributed by atoms with Gasteiger partial charge in [-0.3, -0.25) is 9.69 Å². The van der Waals surface area contributed by atoms with Gasteiger partial charge in [0.2, 0.25) is 5.76 Å².